The van der Waals surface area contributed by atoms with Gasteiger partial charge in [-0.2, -0.15) is 0 Å². The van der Waals surface area contributed by atoms with Gasteiger partial charge in [0.05, 0.1) is 22.9 Å². The number of allylic oxidation sites excluding steroid dienone is 3. The summed E-state index contributed by atoms with van der Waals surface area (Å²) in [5, 5.41) is 0. The average molecular weight is 332 g/mol. The first kappa shape index (κ1) is 21.4. The lowest BCUT2D eigenvalue weighted by molar-refractivity contribution is -0.804. The number of nitrogens with one attached hydrogen (secondary N) is 1. The SMILES string of the molecule is CCCCCCCCCC[NH+]1C=CC=C1CC.CS(=O)(=O)[O-]. The van der Waals surface area contributed by atoms with Gasteiger partial charge in [0.15, 0.2) is 0 Å². The molecule has 5 heteroatoms. The Bertz CT molecular complexity index is 419. The maximum atomic E-state index is 9.08. The molecule has 130 valence electrons. The van der Waals surface area contributed by atoms with Gasteiger partial charge in [-0.25, -0.2) is 8.42 Å². The summed E-state index contributed by atoms with van der Waals surface area (Å²) in [5.74, 6) is 0. The Balaban J connectivity index is 0.000000763. The lowest BCUT2D eigenvalue weighted by atomic mass is 10.1. The van der Waals surface area contributed by atoms with Crippen LogP contribution in [0.3, 0.4) is 0 Å². The second-order valence-corrected chi connectivity index (χ2v) is 7.27. The molecule has 0 aromatic rings. The molecule has 4 nitrogen and oxygen atoms in total. The highest BCUT2D eigenvalue weighted by Gasteiger charge is 2.13. The molecular weight excluding hydrogens is 298 g/mol. The van der Waals surface area contributed by atoms with Crippen LogP contribution >= 0.6 is 0 Å². The molecule has 0 aliphatic carbocycles. The lowest BCUT2D eigenvalue weighted by Gasteiger charge is -2.12. The summed E-state index contributed by atoms with van der Waals surface area (Å²) in [5.41, 5.74) is 1.56. The highest BCUT2D eigenvalue weighted by Crippen LogP contribution is 2.08. The quantitative estimate of drug-likeness (QED) is 0.494. The van der Waals surface area contributed by atoms with Gasteiger partial charge in [-0.05, 0) is 18.9 Å². The van der Waals surface area contributed by atoms with Crippen molar-refractivity contribution in [2.45, 2.75) is 71.6 Å². The molecule has 1 atom stereocenters. The van der Waals surface area contributed by atoms with E-state index in [0.29, 0.717) is 6.26 Å². The molecule has 0 radical (unpaired) electrons. The topological polar surface area (TPSA) is 61.6 Å². The Kier molecular flexibility index (Phi) is 12.5. The number of hydrogen-bond acceptors (Lipinski definition) is 3. The van der Waals surface area contributed by atoms with E-state index < -0.39 is 10.1 Å². The molecule has 0 bridgehead atoms. The van der Waals surface area contributed by atoms with Gasteiger partial charge >= 0.3 is 0 Å². The summed E-state index contributed by atoms with van der Waals surface area (Å²) in [6.07, 6.45) is 19.9. The normalized spacial score (nSPS) is 17.1. The van der Waals surface area contributed by atoms with E-state index in [1.54, 1.807) is 10.6 Å². The van der Waals surface area contributed by atoms with Crippen molar-refractivity contribution in [3.05, 3.63) is 24.0 Å². The summed E-state index contributed by atoms with van der Waals surface area (Å²) < 4.78 is 27.2. The first-order valence-corrected chi connectivity index (χ1v) is 10.3. The maximum Gasteiger partial charge on any atom is 0.112 e. The summed E-state index contributed by atoms with van der Waals surface area (Å²) in [4.78, 5) is 1.60. The average Bonchev–Trinajstić information content (AvgIpc) is 2.87. The van der Waals surface area contributed by atoms with Crippen LogP contribution in [0.1, 0.15) is 71.6 Å². The first-order valence-electron chi connectivity index (χ1n) is 8.52. The summed E-state index contributed by atoms with van der Waals surface area (Å²) in [7, 11) is -3.92. The fourth-order valence-electron chi connectivity index (χ4n) is 2.53. The number of rotatable bonds is 10. The summed E-state index contributed by atoms with van der Waals surface area (Å²) >= 11 is 0. The predicted molar refractivity (Wildman–Crippen MR) is 91.6 cm³/mol. The van der Waals surface area contributed by atoms with E-state index in [0.717, 1.165) is 0 Å². The second kappa shape index (κ2) is 12.9. The number of quaternary nitrogens is 1. The minimum absolute atomic E-state index is 0.604. The van der Waals surface area contributed by atoms with Gasteiger partial charge in [0.2, 0.25) is 0 Å². The van der Waals surface area contributed by atoms with Crippen molar-refractivity contribution in [3.8, 4) is 0 Å². The summed E-state index contributed by atoms with van der Waals surface area (Å²) in [6.45, 7) is 5.84. The third kappa shape index (κ3) is 14.3. The molecule has 0 saturated heterocycles. The Morgan fingerprint density at radius 3 is 2.00 bits per heavy atom. The second-order valence-electron chi connectivity index (χ2n) is 5.86. The molecule has 0 spiro atoms. The lowest BCUT2D eigenvalue weighted by Crippen LogP contribution is -3.04. The van der Waals surface area contributed by atoms with Gasteiger partial charge in [-0.3, -0.25) is 4.90 Å². The van der Waals surface area contributed by atoms with Crippen LogP contribution in [0.4, 0.5) is 0 Å². The first-order chi connectivity index (χ1) is 10.4. The Labute approximate surface area is 137 Å². The van der Waals surface area contributed by atoms with Crippen molar-refractivity contribution >= 4 is 10.1 Å². The Morgan fingerprint density at radius 1 is 1.00 bits per heavy atom. The number of hydrogen-bond donors (Lipinski definition) is 1. The van der Waals surface area contributed by atoms with Crippen molar-refractivity contribution in [1.29, 1.82) is 0 Å². The van der Waals surface area contributed by atoms with Crippen LogP contribution in [0.25, 0.3) is 0 Å². The molecule has 1 unspecified atom stereocenters. The van der Waals surface area contributed by atoms with Crippen LogP contribution in [-0.2, 0) is 10.1 Å². The van der Waals surface area contributed by atoms with Crippen LogP contribution in [0.5, 0.6) is 0 Å². The zero-order valence-corrected chi connectivity index (χ0v) is 15.3. The molecule has 0 saturated carbocycles. The van der Waals surface area contributed by atoms with E-state index >= 15 is 0 Å². The molecule has 1 N–H and O–H groups in total. The zero-order valence-electron chi connectivity index (χ0n) is 14.4. The van der Waals surface area contributed by atoms with E-state index in [2.05, 4.69) is 32.2 Å². The Morgan fingerprint density at radius 2 is 1.50 bits per heavy atom. The Hall–Kier alpha value is -0.650. The van der Waals surface area contributed by atoms with Crippen LogP contribution in [-0.4, -0.2) is 25.8 Å². The third-order valence-corrected chi connectivity index (χ3v) is 3.69. The third-order valence-electron chi connectivity index (χ3n) is 3.69. The minimum Gasteiger partial charge on any atom is -0.748 e. The summed E-state index contributed by atoms with van der Waals surface area (Å²) in [6, 6.07) is 0. The highest BCUT2D eigenvalue weighted by molar-refractivity contribution is 7.84. The van der Waals surface area contributed by atoms with Gasteiger partial charge in [-0.1, -0.05) is 52.4 Å². The van der Waals surface area contributed by atoms with E-state index in [1.807, 2.05) is 0 Å². The van der Waals surface area contributed by atoms with Crippen molar-refractivity contribution < 1.29 is 17.9 Å². The van der Waals surface area contributed by atoms with E-state index in [9.17, 15) is 0 Å². The molecular formula is C17H33NO3S. The van der Waals surface area contributed by atoms with Crippen LogP contribution < -0.4 is 4.90 Å². The molecule has 1 aliphatic heterocycles. The fraction of sp³-hybridized carbons (Fsp3) is 0.765. The fourth-order valence-corrected chi connectivity index (χ4v) is 2.53. The zero-order chi connectivity index (χ0) is 16.8. The van der Waals surface area contributed by atoms with Crippen molar-refractivity contribution in [2.24, 2.45) is 0 Å². The number of unbranched alkanes of at least 4 members (excludes halogenated alkanes) is 7. The van der Waals surface area contributed by atoms with Crippen LogP contribution in [0.15, 0.2) is 24.0 Å². The van der Waals surface area contributed by atoms with Crippen molar-refractivity contribution in [3.63, 3.8) is 0 Å². The van der Waals surface area contributed by atoms with E-state index in [1.165, 1.54) is 64.3 Å². The van der Waals surface area contributed by atoms with Crippen LogP contribution in [0, 0.1) is 0 Å². The molecule has 0 aromatic carbocycles. The predicted octanol–water partition coefficient (Wildman–Crippen LogP) is 2.99. The van der Waals surface area contributed by atoms with Crippen LogP contribution in [0.2, 0.25) is 0 Å². The van der Waals surface area contributed by atoms with E-state index in [-0.39, 0.29) is 0 Å². The van der Waals surface area contributed by atoms with Crippen molar-refractivity contribution in [2.75, 3.05) is 12.8 Å². The maximum absolute atomic E-state index is 9.08. The molecule has 0 amide bonds. The van der Waals surface area contributed by atoms with Gasteiger partial charge in [0, 0.05) is 18.8 Å². The molecule has 0 aromatic heterocycles. The molecule has 0 fully saturated rings. The van der Waals surface area contributed by atoms with Gasteiger partial charge in [-0.15, -0.1) is 0 Å². The monoisotopic (exact) mass is 331 g/mol. The molecule has 1 heterocycles. The van der Waals surface area contributed by atoms with Gasteiger partial charge < -0.3 is 4.55 Å². The van der Waals surface area contributed by atoms with Gasteiger partial charge in [0.25, 0.3) is 0 Å². The smallest absolute Gasteiger partial charge is 0.112 e. The standard InChI is InChI=1S/C16H29N.CH4O3S/c1-3-5-6-7-8-9-10-11-14-17-15-12-13-16(17)4-2;1-5(2,3)4/h12-13,15H,3-11,14H2,1-2H3;1H3,(H,2,3,4). The largest absolute Gasteiger partial charge is 0.748 e. The van der Waals surface area contributed by atoms with Gasteiger partial charge in [0.1, 0.15) is 5.70 Å². The molecule has 22 heavy (non-hydrogen) atoms. The van der Waals surface area contributed by atoms with Crippen molar-refractivity contribution in [1.82, 2.24) is 0 Å². The highest BCUT2D eigenvalue weighted by atomic mass is 32.2. The molecule has 1 rings (SSSR count). The molecule has 1 aliphatic rings. The van der Waals surface area contributed by atoms with E-state index in [4.69, 9.17) is 13.0 Å². The minimum atomic E-state index is -3.92.